The van der Waals surface area contributed by atoms with Crippen molar-refractivity contribution >= 4 is 5.91 Å². The summed E-state index contributed by atoms with van der Waals surface area (Å²) in [5.41, 5.74) is 1.86. The average molecular weight is 292 g/mol. The zero-order valence-corrected chi connectivity index (χ0v) is 13.3. The van der Waals surface area contributed by atoms with Gasteiger partial charge in [0.05, 0.1) is 6.67 Å². The summed E-state index contributed by atoms with van der Waals surface area (Å²) < 4.78 is 0. The maximum absolute atomic E-state index is 12.2. The molecule has 0 saturated heterocycles. The monoisotopic (exact) mass is 292 g/mol. The molecule has 2 N–H and O–H groups in total. The van der Waals surface area contributed by atoms with Crippen LogP contribution in [0.2, 0.25) is 0 Å². The number of hydrogen-bond donors (Lipinski definition) is 2. The third-order valence-corrected chi connectivity index (χ3v) is 3.51. The minimum atomic E-state index is -0.0199. The lowest BCUT2D eigenvalue weighted by Crippen LogP contribution is -2.37. The number of aliphatic hydroxyl groups excluding tert-OH is 1. The van der Waals surface area contributed by atoms with E-state index in [1.165, 1.54) is 0 Å². The first kappa shape index (κ1) is 17.7. The minimum absolute atomic E-state index is 0.0199. The van der Waals surface area contributed by atoms with Crippen molar-refractivity contribution in [2.75, 3.05) is 26.4 Å². The number of rotatable bonds is 10. The molecule has 21 heavy (non-hydrogen) atoms. The number of carbonyl (C=O) groups is 1. The molecule has 4 heteroatoms. The van der Waals surface area contributed by atoms with E-state index < -0.39 is 0 Å². The highest BCUT2D eigenvalue weighted by atomic mass is 16.2. The van der Waals surface area contributed by atoms with Crippen molar-refractivity contribution in [2.45, 2.75) is 39.5 Å². The van der Waals surface area contributed by atoms with Crippen molar-refractivity contribution in [1.82, 2.24) is 10.2 Å². The molecule has 0 fully saturated rings. The van der Waals surface area contributed by atoms with Crippen molar-refractivity contribution in [3.8, 4) is 0 Å². The number of nitrogens with one attached hydrogen (secondary N) is 1. The Morgan fingerprint density at radius 3 is 2.76 bits per heavy atom. The van der Waals surface area contributed by atoms with Crippen LogP contribution in [-0.4, -0.2) is 42.3 Å². The maximum atomic E-state index is 12.2. The van der Waals surface area contributed by atoms with Crippen molar-refractivity contribution in [3.63, 3.8) is 0 Å². The van der Waals surface area contributed by atoms with Gasteiger partial charge in [0.2, 0.25) is 0 Å². The maximum Gasteiger partial charge on any atom is 0.252 e. The molecule has 0 atom stereocenters. The van der Waals surface area contributed by atoms with Gasteiger partial charge in [0.15, 0.2) is 0 Å². The van der Waals surface area contributed by atoms with Crippen LogP contribution in [0, 0.1) is 0 Å². The van der Waals surface area contributed by atoms with E-state index in [9.17, 15) is 4.79 Å². The van der Waals surface area contributed by atoms with Crippen molar-refractivity contribution in [2.24, 2.45) is 0 Å². The summed E-state index contributed by atoms with van der Waals surface area (Å²) >= 11 is 0. The summed E-state index contributed by atoms with van der Waals surface area (Å²) in [5, 5.41) is 11.8. The van der Waals surface area contributed by atoms with Crippen LogP contribution in [0.4, 0.5) is 0 Å². The van der Waals surface area contributed by atoms with E-state index in [1.807, 2.05) is 24.3 Å². The Bertz CT molecular complexity index is 421. The van der Waals surface area contributed by atoms with Crippen LogP contribution in [0.15, 0.2) is 24.3 Å². The smallest absolute Gasteiger partial charge is 0.252 e. The molecule has 0 aromatic heterocycles. The average Bonchev–Trinajstić information content (AvgIpc) is 2.51. The predicted molar refractivity (Wildman–Crippen MR) is 86.3 cm³/mol. The first-order chi connectivity index (χ1) is 10.2. The van der Waals surface area contributed by atoms with Gasteiger partial charge in [-0.05, 0) is 56.5 Å². The molecule has 0 aliphatic carbocycles. The molecule has 0 aliphatic heterocycles. The normalized spacial score (nSPS) is 10.9. The molecular formula is C17H28N2O2. The van der Waals surface area contributed by atoms with Gasteiger partial charge in [-0.25, -0.2) is 0 Å². The standard InChI is InChI=1S/C17H28N2O2/c1-3-11-19(4-2)14-18-17(21)16-10-7-9-15(13-16)8-5-6-12-20/h7,9-10,13,20H,3-6,8,11-12,14H2,1-2H3,(H,18,21). The summed E-state index contributed by atoms with van der Waals surface area (Å²) in [6.07, 6.45) is 3.74. The first-order valence-corrected chi connectivity index (χ1v) is 7.91. The van der Waals surface area contributed by atoms with Crippen molar-refractivity contribution in [1.29, 1.82) is 0 Å². The number of unbranched alkanes of at least 4 members (excludes halogenated alkanes) is 1. The lowest BCUT2D eigenvalue weighted by Gasteiger charge is -2.20. The quantitative estimate of drug-likeness (QED) is 0.514. The summed E-state index contributed by atoms with van der Waals surface area (Å²) in [6, 6.07) is 7.75. The van der Waals surface area contributed by atoms with Crippen LogP contribution in [0.25, 0.3) is 0 Å². The van der Waals surface area contributed by atoms with Gasteiger partial charge in [0.1, 0.15) is 0 Å². The Morgan fingerprint density at radius 2 is 2.10 bits per heavy atom. The third-order valence-electron chi connectivity index (χ3n) is 3.51. The van der Waals surface area contributed by atoms with E-state index in [0.29, 0.717) is 12.2 Å². The predicted octanol–water partition coefficient (Wildman–Crippen LogP) is 2.42. The number of hydrogen-bond acceptors (Lipinski definition) is 3. The molecule has 118 valence electrons. The summed E-state index contributed by atoms with van der Waals surface area (Å²) in [6.45, 7) is 7.00. The largest absolute Gasteiger partial charge is 0.396 e. The number of benzene rings is 1. The van der Waals surface area contributed by atoms with Crippen LogP contribution < -0.4 is 5.32 Å². The number of amides is 1. The number of aryl methyl sites for hydroxylation is 1. The third kappa shape index (κ3) is 6.74. The Labute approximate surface area is 128 Å². The Hall–Kier alpha value is -1.39. The number of carbonyl (C=O) groups excluding carboxylic acids is 1. The van der Waals surface area contributed by atoms with E-state index >= 15 is 0 Å². The second kappa shape index (κ2) is 10.4. The Kier molecular flexibility index (Phi) is 8.71. The zero-order chi connectivity index (χ0) is 15.5. The molecule has 0 spiro atoms. The second-order valence-corrected chi connectivity index (χ2v) is 5.26. The van der Waals surface area contributed by atoms with Crippen LogP contribution >= 0.6 is 0 Å². The summed E-state index contributed by atoms with van der Waals surface area (Å²) in [4.78, 5) is 14.4. The summed E-state index contributed by atoms with van der Waals surface area (Å²) in [5.74, 6) is -0.0199. The zero-order valence-electron chi connectivity index (χ0n) is 13.3. The molecule has 0 radical (unpaired) electrons. The highest BCUT2D eigenvalue weighted by Crippen LogP contribution is 2.09. The van der Waals surface area contributed by atoms with Gasteiger partial charge >= 0.3 is 0 Å². The van der Waals surface area contributed by atoms with Gasteiger partial charge in [-0.2, -0.15) is 0 Å². The molecule has 0 heterocycles. The molecule has 1 rings (SSSR count). The van der Waals surface area contributed by atoms with Gasteiger partial charge in [-0.15, -0.1) is 0 Å². The van der Waals surface area contributed by atoms with Gasteiger partial charge in [0.25, 0.3) is 5.91 Å². The summed E-state index contributed by atoms with van der Waals surface area (Å²) in [7, 11) is 0. The molecule has 4 nitrogen and oxygen atoms in total. The first-order valence-electron chi connectivity index (χ1n) is 7.91. The fourth-order valence-corrected chi connectivity index (χ4v) is 2.26. The SMILES string of the molecule is CCCN(CC)CNC(=O)c1cccc(CCCCO)c1. The van der Waals surface area contributed by atoms with E-state index in [2.05, 4.69) is 24.1 Å². The highest BCUT2D eigenvalue weighted by molar-refractivity contribution is 5.94. The minimum Gasteiger partial charge on any atom is -0.396 e. The molecule has 0 saturated carbocycles. The Balaban J connectivity index is 2.51. The van der Waals surface area contributed by atoms with Crippen LogP contribution in [-0.2, 0) is 6.42 Å². The molecule has 0 bridgehead atoms. The van der Waals surface area contributed by atoms with E-state index in [0.717, 1.165) is 44.3 Å². The fourth-order valence-electron chi connectivity index (χ4n) is 2.26. The molecule has 1 aromatic rings. The topological polar surface area (TPSA) is 52.6 Å². The lowest BCUT2D eigenvalue weighted by atomic mass is 10.1. The van der Waals surface area contributed by atoms with E-state index in [-0.39, 0.29) is 12.5 Å². The second-order valence-electron chi connectivity index (χ2n) is 5.26. The lowest BCUT2D eigenvalue weighted by molar-refractivity contribution is 0.0924. The molecule has 1 aromatic carbocycles. The van der Waals surface area contributed by atoms with Gasteiger partial charge in [0, 0.05) is 12.2 Å². The molecule has 1 amide bonds. The van der Waals surface area contributed by atoms with Crippen molar-refractivity contribution < 1.29 is 9.90 Å². The highest BCUT2D eigenvalue weighted by Gasteiger charge is 2.08. The van der Waals surface area contributed by atoms with Gasteiger partial charge in [-0.1, -0.05) is 26.0 Å². The number of nitrogens with zero attached hydrogens (tertiary/aromatic N) is 1. The Morgan fingerprint density at radius 1 is 1.29 bits per heavy atom. The van der Waals surface area contributed by atoms with Crippen molar-refractivity contribution in [3.05, 3.63) is 35.4 Å². The van der Waals surface area contributed by atoms with Crippen LogP contribution in [0.1, 0.15) is 49.0 Å². The number of aliphatic hydroxyl groups is 1. The van der Waals surface area contributed by atoms with Crippen LogP contribution in [0.3, 0.4) is 0 Å². The van der Waals surface area contributed by atoms with E-state index in [1.54, 1.807) is 0 Å². The molecule has 0 unspecified atom stereocenters. The van der Waals surface area contributed by atoms with Gasteiger partial charge < -0.3 is 10.4 Å². The van der Waals surface area contributed by atoms with E-state index in [4.69, 9.17) is 5.11 Å². The van der Waals surface area contributed by atoms with Gasteiger partial charge in [-0.3, -0.25) is 9.69 Å². The fraction of sp³-hybridized carbons (Fsp3) is 0.588. The molecular weight excluding hydrogens is 264 g/mol. The molecule has 0 aliphatic rings. The van der Waals surface area contributed by atoms with Crippen LogP contribution in [0.5, 0.6) is 0 Å².